The average Bonchev–Trinajstić information content (AvgIpc) is 3.44. The normalized spacial score (nSPS) is 15.8. The van der Waals surface area contributed by atoms with Crippen molar-refractivity contribution in [1.29, 1.82) is 0 Å². The van der Waals surface area contributed by atoms with Gasteiger partial charge in [-0.15, -0.1) is 11.6 Å². The lowest BCUT2D eigenvalue weighted by atomic mass is 9.90. The number of carbonyl (C=O) groups excluding carboxylic acids is 2. The van der Waals surface area contributed by atoms with Crippen LogP contribution < -0.4 is 0 Å². The molecule has 1 aliphatic carbocycles. The number of aliphatic hydroxyl groups is 1. The van der Waals surface area contributed by atoms with Gasteiger partial charge in [-0.1, -0.05) is 54.6 Å². The number of Topliss-reactive ketones (excluding diaryl/α,β-unsaturated/α-hetero) is 1. The van der Waals surface area contributed by atoms with Crippen LogP contribution in [0.3, 0.4) is 0 Å². The maximum atomic E-state index is 12.6. The summed E-state index contributed by atoms with van der Waals surface area (Å²) in [6, 6.07) is 15.8. The number of aliphatic hydroxyl groups excluding tert-OH is 1. The number of ketones is 2. The molecule has 0 bridgehead atoms. The fourth-order valence-corrected chi connectivity index (χ4v) is 2.86. The van der Waals surface area contributed by atoms with Crippen molar-refractivity contribution in [3.8, 4) is 0 Å². The van der Waals surface area contributed by atoms with Crippen molar-refractivity contribution in [3.63, 3.8) is 0 Å². The zero-order valence-corrected chi connectivity index (χ0v) is 13.8. The highest BCUT2D eigenvalue weighted by Gasteiger charge is 2.55. The molecule has 0 heterocycles. The van der Waals surface area contributed by atoms with Crippen molar-refractivity contribution < 1.29 is 14.7 Å². The van der Waals surface area contributed by atoms with Gasteiger partial charge in [0.05, 0.1) is 5.41 Å². The number of rotatable bonds is 6. The molecule has 0 unspecified atom stereocenters. The molecule has 2 aromatic carbocycles. The van der Waals surface area contributed by atoms with Crippen LogP contribution in [0.1, 0.15) is 34.3 Å². The molecular weight excluding hydrogens is 324 g/mol. The molecule has 24 heavy (non-hydrogen) atoms. The van der Waals surface area contributed by atoms with E-state index in [1.54, 1.807) is 48.5 Å². The Morgan fingerprint density at radius 1 is 1.00 bits per heavy atom. The third-order valence-corrected chi connectivity index (χ3v) is 4.67. The average molecular weight is 341 g/mol. The highest BCUT2D eigenvalue weighted by atomic mass is 35.5. The van der Waals surface area contributed by atoms with Crippen molar-refractivity contribution >= 4 is 28.9 Å². The van der Waals surface area contributed by atoms with Crippen molar-refractivity contribution in [3.05, 3.63) is 77.4 Å². The molecule has 1 fully saturated rings. The number of alkyl halides is 1. The molecule has 3 nitrogen and oxygen atoms in total. The van der Waals surface area contributed by atoms with E-state index in [4.69, 9.17) is 11.6 Å². The van der Waals surface area contributed by atoms with Crippen LogP contribution in [0, 0.1) is 5.41 Å². The quantitative estimate of drug-likeness (QED) is 0.276. The smallest absolute Gasteiger partial charge is 0.176 e. The third-order valence-electron chi connectivity index (χ3n) is 4.36. The van der Waals surface area contributed by atoms with Crippen LogP contribution in [0.2, 0.25) is 0 Å². The molecule has 4 heteroatoms. The van der Waals surface area contributed by atoms with E-state index in [0.717, 1.165) is 5.56 Å². The number of halogens is 1. The van der Waals surface area contributed by atoms with Gasteiger partial charge in [-0.3, -0.25) is 9.59 Å². The molecule has 0 amide bonds. The van der Waals surface area contributed by atoms with Gasteiger partial charge >= 0.3 is 0 Å². The fraction of sp³-hybridized carbons (Fsp3) is 0.200. The van der Waals surface area contributed by atoms with Crippen LogP contribution in [0.4, 0.5) is 0 Å². The Balaban J connectivity index is 1.81. The maximum absolute atomic E-state index is 12.6. The van der Waals surface area contributed by atoms with E-state index < -0.39 is 5.41 Å². The summed E-state index contributed by atoms with van der Waals surface area (Å²) in [5.74, 6) is -0.253. The highest BCUT2D eigenvalue weighted by molar-refractivity contribution is 6.21. The van der Waals surface area contributed by atoms with Crippen molar-refractivity contribution in [2.45, 2.75) is 18.7 Å². The summed E-state index contributed by atoms with van der Waals surface area (Å²) in [6.45, 7) is 0. The van der Waals surface area contributed by atoms with E-state index >= 15 is 0 Å². The SMILES string of the molecule is O=C(/C=C(\O)c1ccc(CCl)cc1)C1(C(=O)c2ccccc2)CC1. The lowest BCUT2D eigenvalue weighted by Gasteiger charge is -2.11. The lowest BCUT2D eigenvalue weighted by molar-refractivity contribution is -0.117. The second kappa shape index (κ2) is 6.62. The zero-order chi connectivity index (χ0) is 17.2. The Bertz CT molecular complexity index is 787. The zero-order valence-electron chi connectivity index (χ0n) is 13.0. The first-order chi connectivity index (χ1) is 11.6. The van der Waals surface area contributed by atoms with E-state index in [1.807, 2.05) is 6.07 Å². The van der Waals surface area contributed by atoms with Crippen LogP contribution in [-0.2, 0) is 10.7 Å². The Hall–Kier alpha value is -2.39. The number of hydrogen-bond acceptors (Lipinski definition) is 3. The standard InChI is InChI=1S/C20H17ClO3/c21-13-14-6-8-15(9-7-14)17(22)12-18(23)20(10-11-20)19(24)16-4-2-1-3-5-16/h1-9,12,22H,10-11,13H2/b17-12-. The van der Waals surface area contributed by atoms with Crippen LogP contribution in [-0.4, -0.2) is 16.7 Å². The molecule has 122 valence electrons. The van der Waals surface area contributed by atoms with Gasteiger partial charge in [-0.05, 0) is 18.4 Å². The van der Waals surface area contributed by atoms with Crippen LogP contribution in [0.5, 0.6) is 0 Å². The molecule has 1 aliphatic rings. The predicted molar refractivity (Wildman–Crippen MR) is 94.1 cm³/mol. The molecular formula is C20H17ClO3. The van der Waals surface area contributed by atoms with Gasteiger partial charge in [-0.2, -0.15) is 0 Å². The third kappa shape index (κ3) is 3.13. The minimum Gasteiger partial charge on any atom is -0.507 e. The van der Waals surface area contributed by atoms with Crippen LogP contribution in [0.25, 0.3) is 5.76 Å². The monoisotopic (exact) mass is 340 g/mol. The van der Waals surface area contributed by atoms with E-state index in [1.165, 1.54) is 6.08 Å². The summed E-state index contributed by atoms with van der Waals surface area (Å²) in [5.41, 5.74) is 0.978. The summed E-state index contributed by atoms with van der Waals surface area (Å²) in [6.07, 6.45) is 2.21. The minimum atomic E-state index is -1.01. The summed E-state index contributed by atoms with van der Waals surface area (Å²) in [4.78, 5) is 25.2. The van der Waals surface area contributed by atoms with Gasteiger partial charge in [0, 0.05) is 23.1 Å². The Morgan fingerprint density at radius 2 is 1.62 bits per heavy atom. The van der Waals surface area contributed by atoms with E-state index in [0.29, 0.717) is 29.8 Å². The van der Waals surface area contributed by atoms with E-state index in [-0.39, 0.29) is 17.3 Å². The first-order valence-corrected chi connectivity index (χ1v) is 8.30. The number of carbonyl (C=O) groups is 2. The second-order valence-electron chi connectivity index (χ2n) is 6.00. The number of allylic oxidation sites excluding steroid dienone is 1. The van der Waals surface area contributed by atoms with Gasteiger partial charge < -0.3 is 5.11 Å². The molecule has 2 aromatic rings. The van der Waals surface area contributed by atoms with Gasteiger partial charge in [0.2, 0.25) is 0 Å². The van der Waals surface area contributed by atoms with Gasteiger partial charge in [0.15, 0.2) is 11.6 Å². The molecule has 0 aromatic heterocycles. The van der Waals surface area contributed by atoms with E-state index in [2.05, 4.69) is 0 Å². The summed E-state index contributed by atoms with van der Waals surface area (Å²) in [5, 5.41) is 10.2. The maximum Gasteiger partial charge on any atom is 0.176 e. The molecule has 3 rings (SSSR count). The molecule has 0 aliphatic heterocycles. The fourth-order valence-electron chi connectivity index (χ4n) is 2.69. The molecule has 0 saturated heterocycles. The number of benzene rings is 2. The van der Waals surface area contributed by atoms with Crippen molar-refractivity contribution in [1.82, 2.24) is 0 Å². The Labute approximate surface area is 145 Å². The highest BCUT2D eigenvalue weighted by Crippen LogP contribution is 2.49. The van der Waals surface area contributed by atoms with Gasteiger partial charge in [0.25, 0.3) is 0 Å². The van der Waals surface area contributed by atoms with Gasteiger partial charge in [-0.25, -0.2) is 0 Å². The van der Waals surface area contributed by atoms with Crippen molar-refractivity contribution in [2.24, 2.45) is 5.41 Å². The lowest BCUT2D eigenvalue weighted by Crippen LogP contribution is -2.24. The molecule has 1 saturated carbocycles. The predicted octanol–water partition coefficient (Wildman–Crippen LogP) is 4.56. The molecule has 0 atom stereocenters. The Kier molecular flexibility index (Phi) is 4.54. The largest absolute Gasteiger partial charge is 0.507 e. The van der Waals surface area contributed by atoms with Crippen molar-refractivity contribution in [2.75, 3.05) is 0 Å². The first kappa shape index (κ1) is 16.5. The van der Waals surface area contributed by atoms with Crippen LogP contribution >= 0.6 is 11.6 Å². The minimum absolute atomic E-state index is 0.131. The molecule has 1 N–H and O–H groups in total. The summed E-state index contributed by atoms with van der Waals surface area (Å²) < 4.78 is 0. The second-order valence-corrected chi connectivity index (χ2v) is 6.27. The summed E-state index contributed by atoms with van der Waals surface area (Å²) >= 11 is 5.74. The Morgan fingerprint density at radius 3 is 2.17 bits per heavy atom. The van der Waals surface area contributed by atoms with Crippen LogP contribution in [0.15, 0.2) is 60.7 Å². The molecule has 0 radical (unpaired) electrons. The van der Waals surface area contributed by atoms with Gasteiger partial charge in [0.1, 0.15) is 5.76 Å². The topological polar surface area (TPSA) is 54.4 Å². The molecule has 0 spiro atoms. The van der Waals surface area contributed by atoms with E-state index in [9.17, 15) is 14.7 Å². The summed E-state index contributed by atoms with van der Waals surface area (Å²) in [7, 11) is 0. The number of hydrogen-bond donors (Lipinski definition) is 1. The first-order valence-electron chi connectivity index (χ1n) is 7.77.